The Hall–Kier alpha value is 0.200. The molecule has 1 unspecified atom stereocenters. The molecular formula is C13H25ClO3S. The van der Waals surface area contributed by atoms with Crippen molar-refractivity contribution in [3.05, 3.63) is 0 Å². The number of hydrogen-bond acceptors (Lipinski definition) is 3. The van der Waals surface area contributed by atoms with Crippen molar-refractivity contribution in [2.24, 2.45) is 5.41 Å². The van der Waals surface area contributed by atoms with Gasteiger partial charge in [0.15, 0.2) is 0 Å². The minimum Gasteiger partial charge on any atom is -0.378 e. The van der Waals surface area contributed by atoms with E-state index >= 15 is 0 Å². The second-order valence-corrected chi connectivity index (χ2v) is 8.43. The highest BCUT2D eigenvalue weighted by molar-refractivity contribution is 8.13. The van der Waals surface area contributed by atoms with E-state index in [9.17, 15) is 8.42 Å². The topological polar surface area (TPSA) is 43.4 Å². The Labute approximate surface area is 116 Å². The molecule has 0 aromatic heterocycles. The van der Waals surface area contributed by atoms with Crippen molar-refractivity contribution in [2.75, 3.05) is 12.4 Å². The van der Waals surface area contributed by atoms with Crippen LogP contribution in [0.25, 0.3) is 0 Å². The summed E-state index contributed by atoms with van der Waals surface area (Å²) < 4.78 is 28.6. The second-order valence-electron chi connectivity index (χ2n) is 5.65. The maximum Gasteiger partial charge on any atom is 0.233 e. The molecule has 1 fully saturated rings. The van der Waals surface area contributed by atoms with Crippen LogP contribution in [0.4, 0.5) is 0 Å². The summed E-state index contributed by atoms with van der Waals surface area (Å²) in [6.07, 6.45) is 7.48. The van der Waals surface area contributed by atoms with E-state index in [0.717, 1.165) is 38.5 Å². The van der Waals surface area contributed by atoms with Crippen molar-refractivity contribution in [2.45, 2.75) is 64.9 Å². The lowest BCUT2D eigenvalue weighted by molar-refractivity contribution is -0.0112. The summed E-state index contributed by atoms with van der Waals surface area (Å²) in [5, 5.41) is 0. The van der Waals surface area contributed by atoms with Gasteiger partial charge < -0.3 is 4.74 Å². The zero-order valence-electron chi connectivity index (χ0n) is 11.5. The standard InChI is InChI=1S/C13H25ClO3S/c1-3-7-12(2)17-10-13(11-18(14,15)16)8-5-4-6-9-13/h12H,3-11H2,1-2H3. The summed E-state index contributed by atoms with van der Waals surface area (Å²) in [5.41, 5.74) is -0.249. The Bertz CT molecular complexity index is 334. The third-order valence-electron chi connectivity index (χ3n) is 3.76. The molecule has 0 aliphatic heterocycles. The molecule has 0 saturated heterocycles. The molecule has 1 saturated carbocycles. The first-order chi connectivity index (χ1) is 8.37. The molecule has 0 N–H and O–H groups in total. The van der Waals surface area contributed by atoms with Crippen LogP contribution in [0.3, 0.4) is 0 Å². The van der Waals surface area contributed by atoms with Gasteiger partial charge >= 0.3 is 0 Å². The van der Waals surface area contributed by atoms with E-state index < -0.39 is 9.05 Å². The van der Waals surface area contributed by atoms with E-state index in [-0.39, 0.29) is 17.3 Å². The maximum atomic E-state index is 11.4. The minimum absolute atomic E-state index is 0.0560. The molecule has 18 heavy (non-hydrogen) atoms. The zero-order chi connectivity index (χ0) is 13.6. The Kier molecular flexibility index (Phi) is 6.42. The molecule has 1 aliphatic carbocycles. The van der Waals surface area contributed by atoms with E-state index in [4.69, 9.17) is 15.4 Å². The summed E-state index contributed by atoms with van der Waals surface area (Å²) in [5.74, 6) is 0.0560. The van der Waals surface area contributed by atoms with Crippen LogP contribution in [0, 0.1) is 5.41 Å². The predicted molar refractivity (Wildman–Crippen MR) is 75.5 cm³/mol. The van der Waals surface area contributed by atoms with Crippen molar-refractivity contribution in [1.82, 2.24) is 0 Å². The molecule has 0 amide bonds. The molecule has 0 spiro atoms. The summed E-state index contributed by atoms with van der Waals surface area (Å²) >= 11 is 0. The Morgan fingerprint density at radius 3 is 2.39 bits per heavy atom. The normalized spacial score (nSPS) is 21.7. The van der Waals surface area contributed by atoms with Gasteiger partial charge in [0.1, 0.15) is 0 Å². The van der Waals surface area contributed by atoms with Gasteiger partial charge in [-0.05, 0) is 26.2 Å². The van der Waals surface area contributed by atoms with Gasteiger partial charge in [0.05, 0.1) is 18.5 Å². The SMILES string of the molecule is CCCC(C)OCC1(CS(=O)(=O)Cl)CCCCC1. The second kappa shape index (κ2) is 7.11. The largest absolute Gasteiger partial charge is 0.378 e. The molecule has 1 rings (SSSR count). The van der Waals surface area contributed by atoms with Gasteiger partial charge in [0.2, 0.25) is 9.05 Å². The smallest absolute Gasteiger partial charge is 0.233 e. The lowest BCUT2D eigenvalue weighted by atomic mass is 9.76. The van der Waals surface area contributed by atoms with Gasteiger partial charge in [0, 0.05) is 16.1 Å². The van der Waals surface area contributed by atoms with Crippen LogP contribution in [0.5, 0.6) is 0 Å². The lowest BCUT2D eigenvalue weighted by Gasteiger charge is -2.36. The average Bonchev–Trinajstić information content (AvgIpc) is 2.26. The molecule has 3 nitrogen and oxygen atoms in total. The number of ether oxygens (including phenoxy) is 1. The van der Waals surface area contributed by atoms with Gasteiger partial charge in [-0.15, -0.1) is 0 Å². The van der Waals surface area contributed by atoms with Crippen molar-refractivity contribution in [3.8, 4) is 0 Å². The van der Waals surface area contributed by atoms with Crippen LogP contribution in [-0.2, 0) is 13.8 Å². The van der Waals surface area contributed by atoms with Gasteiger partial charge in [-0.25, -0.2) is 8.42 Å². The van der Waals surface area contributed by atoms with Crippen LogP contribution in [0.15, 0.2) is 0 Å². The van der Waals surface area contributed by atoms with Crippen LogP contribution in [0.1, 0.15) is 58.8 Å². The third kappa shape index (κ3) is 5.89. The molecule has 108 valence electrons. The maximum absolute atomic E-state index is 11.4. The van der Waals surface area contributed by atoms with Crippen LogP contribution < -0.4 is 0 Å². The van der Waals surface area contributed by atoms with Gasteiger partial charge in [0.25, 0.3) is 0 Å². The first-order valence-electron chi connectivity index (χ1n) is 6.91. The number of rotatable bonds is 7. The summed E-state index contributed by atoms with van der Waals surface area (Å²) in [6.45, 7) is 4.70. The van der Waals surface area contributed by atoms with Gasteiger partial charge in [-0.1, -0.05) is 32.6 Å². The van der Waals surface area contributed by atoms with E-state index in [1.807, 2.05) is 0 Å². The number of hydrogen-bond donors (Lipinski definition) is 0. The summed E-state index contributed by atoms with van der Waals surface area (Å²) in [4.78, 5) is 0. The average molecular weight is 297 g/mol. The fourth-order valence-electron chi connectivity index (χ4n) is 2.81. The van der Waals surface area contributed by atoms with Crippen molar-refractivity contribution in [1.29, 1.82) is 0 Å². The highest BCUT2D eigenvalue weighted by Crippen LogP contribution is 2.38. The third-order valence-corrected chi connectivity index (χ3v) is 5.05. The summed E-state index contributed by atoms with van der Waals surface area (Å²) in [6, 6.07) is 0. The Morgan fingerprint density at radius 1 is 1.28 bits per heavy atom. The van der Waals surface area contributed by atoms with Crippen molar-refractivity contribution >= 4 is 19.7 Å². The lowest BCUT2D eigenvalue weighted by Crippen LogP contribution is -2.36. The van der Waals surface area contributed by atoms with Gasteiger partial charge in [-0.3, -0.25) is 0 Å². The van der Waals surface area contributed by atoms with Crippen molar-refractivity contribution < 1.29 is 13.2 Å². The Balaban J connectivity index is 2.60. The molecule has 0 aromatic rings. The van der Waals surface area contributed by atoms with Gasteiger partial charge in [-0.2, -0.15) is 0 Å². The zero-order valence-corrected chi connectivity index (χ0v) is 13.0. The molecule has 1 aliphatic rings. The molecule has 0 radical (unpaired) electrons. The van der Waals surface area contributed by atoms with Crippen LogP contribution >= 0.6 is 10.7 Å². The van der Waals surface area contributed by atoms with Crippen LogP contribution in [-0.4, -0.2) is 26.9 Å². The molecular weight excluding hydrogens is 272 g/mol. The fraction of sp³-hybridized carbons (Fsp3) is 1.00. The van der Waals surface area contributed by atoms with E-state index in [1.54, 1.807) is 0 Å². The monoisotopic (exact) mass is 296 g/mol. The molecule has 0 heterocycles. The first kappa shape index (κ1) is 16.3. The molecule has 0 bridgehead atoms. The minimum atomic E-state index is -3.45. The van der Waals surface area contributed by atoms with Crippen LogP contribution in [0.2, 0.25) is 0 Å². The highest BCUT2D eigenvalue weighted by Gasteiger charge is 2.36. The highest BCUT2D eigenvalue weighted by atomic mass is 35.7. The molecule has 5 heteroatoms. The van der Waals surface area contributed by atoms with E-state index in [0.29, 0.717) is 6.61 Å². The van der Waals surface area contributed by atoms with Crippen molar-refractivity contribution in [3.63, 3.8) is 0 Å². The summed E-state index contributed by atoms with van der Waals surface area (Å²) in [7, 11) is 2.00. The first-order valence-corrected chi connectivity index (χ1v) is 9.39. The molecule has 1 atom stereocenters. The predicted octanol–water partition coefficient (Wildman–Crippen LogP) is 3.71. The van der Waals surface area contributed by atoms with E-state index in [1.165, 1.54) is 6.42 Å². The Morgan fingerprint density at radius 2 is 1.89 bits per heavy atom. The van der Waals surface area contributed by atoms with E-state index in [2.05, 4.69) is 13.8 Å². The number of halogens is 1. The quantitative estimate of drug-likeness (QED) is 0.673. The molecule has 0 aromatic carbocycles. The fourth-order valence-corrected chi connectivity index (χ4v) is 4.60.